The summed E-state index contributed by atoms with van der Waals surface area (Å²) in [6.45, 7) is 4.93. The van der Waals surface area contributed by atoms with Crippen molar-refractivity contribution in [3.8, 4) is 10.8 Å². The summed E-state index contributed by atoms with van der Waals surface area (Å²) in [5.74, 6) is 1.44. The second kappa shape index (κ2) is 9.53. The van der Waals surface area contributed by atoms with Crippen molar-refractivity contribution < 1.29 is 9.21 Å². The molecule has 0 radical (unpaired) electrons. The van der Waals surface area contributed by atoms with Gasteiger partial charge >= 0.3 is 0 Å². The quantitative estimate of drug-likeness (QED) is 0.577. The first-order valence-corrected chi connectivity index (χ1v) is 11.4. The number of aromatic nitrogens is 2. The van der Waals surface area contributed by atoms with Crippen LogP contribution in [0.1, 0.15) is 30.0 Å². The predicted octanol–water partition coefficient (Wildman–Crippen LogP) is 3.81. The summed E-state index contributed by atoms with van der Waals surface area (Å²) in [6.07, 6.45) is 5.11. The monoisotopic (exact) mass is 424 g/mol. The van der Waals surface area contributed by atoms with Gasteiger partial charge in [0.2, 0.25) is 11.8 Å². The lowest BCUT2D eigenvalue weighted by molar-refractivity contribution is -0.132. The van der Waals surface area contributed by atoms with Crippen LogP contribution in [0.5, 0.6) is 0 Å². The molecule has 0 atom stereocenters. The second-order valence-corrected chi connectivity index (χ2v) is 8.77. The van der Waals surface area contributed by atoms with Crippen molar-refractivity contribution in [3.05, 3.63) is 59.1 Å². The molecule has 4 heterocycles. The highest BCUT2D eigenvalue weighted by molar-refractivity contribution is 7.13. The van der Waals surface area contributed by atoms with Gasteiger partial charge in [0, 0.05) is 51.0 Å². The first kappa shape index (κ1) is 20.8. The van der Waals surface area contributed by atoms with Crippen LogP contribution in [0, 0.1) is 6.92 Å². The largest absolute Gasteiger partial charge is 0.440 e. The van der Waals surface area contributed by atoms with E-state index in [2.05, 4.69) is 20.9 Å². The smallest absolute Gasteiger partial charge is 0.236 e. The van der Waals surface area contributed by atoms with Crippen LogP contribution < -0.4 is 0 Å². The molecule has 0 spiro atoms. The molecule has 4 rings (SSSR count). The molecule has 6 nitrogen and oxygen atoms in total. The van der Waals surface area contributed by atoms with Gasteiger partial charge in [-0.2, -0.15) is 0 Å². The molecule has 1 aliphatic heterocycles. The molecule has 1 amide bonds. The van der Waals surface area contributed by atoms with Crippen molar-refractivity contribution in [2.75, 3.05) is 26.7 Å². The van der Waals surface area contributed by atoms with E-state index in [0.717, 1.165) is 60.9 Å². The van der Waals surface area contributed by atoms with E-state index in [1.807, 2.05) is 54.7 Å². The van der Waals surface area contributed by atoms with Crippen molar-refractivity contribution in [2.24, 2.45) is 0 Å². The summed E-state index contributed by atoms with van der Waals surface area (Å²) >= 11 is 1.59. The van der Waals surface area contributed by atoms with Crippen LogP contribution in [0.2, 0.25) is 0 Å². The molecule has 1 saturated heterocycles. The Labute approximate surface area is 181 Å². The number of carbonyl (C=O) groups is 1. The number of hydrogen-bond acceptors (Lipinski definition) is 6. The van der Waals surface area contributed by atoms with Crippen molar-refractivity contribution in [1.29, 1.82) is 0 Å². The van der Waals surface area contributed by atoms with Crippen LogP contribution >= 0.6 is 11.3 Å². The fraction of sp³-hybridized carbons (Fsp3) is 0.435. The molecule has 0 N–H and O–H groups in total. The van der Waals surface area contributed by atoms with Crippen LogP contribution in [0.15, 0.2) is 46.3 Å². The summed E-state index contributed by atoms with van der Waals surface area (Å²) < 4.78 is 5.78. The number of thiophene rings is 1. The third kappa shape index (κ3) is 4.96. The van der Waals surface area contributed by atoms with E-state index in [0.29, 0.717) is 5.89 Å². The Morgan fingerprint density at radius 1 is 1.27 bits per heavy atom. The fourth-order valence-corrected chi connectivity index (χ4v) is 4.57. The maximum absolute atomic E-state index is 12.9. The molecule has 0 aliphatic carbocycles. The lowest BCUT2D eigenvalue weighted by Gasteiger charge is -2.36. The molecule has 0 bridgehead atoms. The lowest BCUT2D eigenvalue weighted by Crippen LogP contribution is -2.46. The Morgan fingerprint density at radius 2 is 2.10 bits per heavy atom. The number of likely N-dealkylation sites (tertiary alicyclic amines) is 1. The van der Waals surface area contributed by atoms with Crippen LogP contribution in [0.4, 0.5) is 0 Å². The van der Waals surface area contributed by atoms with Gasteiger partial charge in [0.25, 0.3) is 0 Å². The van der Waals surface area contributed by atoms with Gasteiger partial charge in [0.1, 0.15) is 5.76 Å². The molecule has 30 heavy (non-hydrogen) atoms. The molecular formula is C23H28N4O2S. The SMILES string of the molecule is Cc1oc(-c2cccs2)nc1CC(=O)N(C)C1CCN(CCc2ccccn2)CC1. The van der Waals surface area contributed by atoms with Gasteiger partial charge in [0.15, 0.2) is 0 Å². The Kier molecular flexibility index (Phi) is 6.59. The highest BCUT2D eigenvalue weighted by atomic mass is 32.1. The maximum Gasteiger partial charge on any atom is 0.236 e. The number of rotatable bonds is 7. The minimum Gasteiger partial charge on any atom is -0.440 e. The molecule has 1 fully saturated rings. The van der Waals surface area contributed by atoms with Gasteiger partial charge in [-0.05, 0) is 43.3 Å². The number of hydrogen-bond donors (Lipinski definition) is 0. The average molecular weight is 425 g/mol. The van der Waals surface area contributed by atoms with Gasteiger partial charge in [-0.1, -0.05) is 12.1 Å². The summed E-state index contributed by atoms with van der Waals surface area (Å²) in [7, 11) is 1.92. The topological polar surface area (TPSA) is 62.5 Å². The molecule has 1 aliphatic rings. The number of nitrogens with zero attached hydrogens (tertiary/aromatic N) is 4. The van der Waals surface area contributed by atoms with Crippen LogP contribution in [-0.2, 0) is 17.6 Å². The Bertz CT molecular complexity index is 947. The number of pyridine rings is 1. The van der Waals surface area contributed by atoms with Gasteiger partial charge in [0.05, 0.1) is 17.0 Å². The summed E-state index contributed by atoms with van der Waals surface area (Å²) in [6, 6.07) is 10.3. The van der Waals surface area contributed by atoms with Crippen molar-refractivity contribution in [3.63, 3.8) is 0 Å². The van der Waals surface area contributed by atoms with E-state index in [9.17, 15) is 4.79 Å². The van der Waals surface area contributed by atoms with Gasteiger partial charge in [-0.15, -0.1) is 11.3 Å². The number of likely N-dealkylation sites (N-methyl/N-ethyl adjacent to an activating group) is 1. The first-order chi connectivity index (χ1) is 14.6. The van der Waals surface area contributed by atoms with E-state index in [1.165, 1.54) is 0 Å². The summed E-state index contributed by atoms with van der Waals surface area (Å²) in [4.78, 5) is 27.2. The Balaban J connectivity index is 1.27. The third-order valence-corrected chi connectivity index (χ3v) is 6.71. The van der Waals surface area contributed by atoms with E-state index < -0.39 is 0 Å². The Morgan fingerprint density at radius 3 is 2.80 bits per heavy atom. The van der Waals surface area contributed by atoms with E-state index in [-0.39, 0.29) is 18.4 Å². The molecule has 7 heteroatoms. The Hall–Kier alpha value is -2.51. The standard InChI is InChI=1S/C23H28N4O2S/c1-17-20(25-23(29-17)21-7-5-15-30-21)16-22(28)26(2)19-9-13-27(14-10-19)12-8-18-6-3-4-11-24-18/h3-7,11,15,19H,8-10,12-14,16H2,1-2H3. The first-order valence-electron chi connectivity index (χ1n) is 10.5. The van der Waals surface area contributed by atoms with E-state index in [1.54, 1.807) is 11.3 Å². The van der Waals surface area contributed by atoms with Gasteiger partial charge < -0.3 is 14.2 Å². The number of oxazole rings is 1. The number of amides is 1. The van der Waals surface area contributed by atoms with Crippen LogP contribution in [0.3, 0.4) is 0 Å². The van der Waals surface area contributed by atoms with Crippen molar-refractivity contribution >= 4 is 17.2 Å². The van der Waals surface area contributed by atoms with Gasteiger partial charge in [-0.25, -0.2) is 4.98 Å². The normalized spacial score (nSPS) is 15.4. The van der Waals surface area contributed by atoms with E-state index in [4.69, 9.17) is 4.42 Å². The molecule has 3 aromatic heterocycles. The zero-order valence-electron chi connectivity index (χ0n) is 17.6. The van der Waals surface area contributed by atoms with Crippen molar-refractivity contribution in [2.45, 2.75) is 38.6 Å². The highest BCUT2D eigenvalue weighted by Crippen LogP contribution is 2.26. The molecule has 0 aromatic carbocycles. The molecular weight excluding hydrogens is 396 g/mol. The van der Waals surface area contributed by atoms with Crippen LogP contribution in [0.25, 0.3) is 10.8 Å². The summed E-state index contributed by atoms with van der Waals surface area (Å²) in [5.41, 5.74) is 1.87. The van der Waals surface area contributed by atoms with Crippen molar-refractivity contribution in [1.82, 2.24) is 19.8 Å². The fourth-order valence-electron chi connectivity index (χ4n) is 3.92. The zero-order chi connectivity index (χ0) is 20.9. The predicted molar refractivity (Wildman–Crippen MR) is 118 cm³/mol. The maximum atomic E-state index is 12.9. The van der Waals surface area contributed by atoms with Gasteiger partial charge in [-0.3, -0.25) is 9.78 Å². The molecule has 0 saturated carbocycles. The number of aryl methyl sites for hydroxylation is 1. The second-order valence-electron chi connectivity index (χ2n) is 7.82. The minimum atomic E-state index is 0.107. The molecule has 0 unspecified atom stereocenters. The zero-order valence-corrected chi connectivity index (χ0v) is 18.4. The van der Waals surface area contributed by atoms with E-state index >= 15 is 0 Å². The molecule has 3 aromatic rings. The molecule has 158 valence electrons. The summed E-state index contributed by atoms with van der Waals surface area (Å²) in [5, 5.41) is 2.00. The average Bonchev–Trinajstić information content (AvgIpc) is 3.43. The third-order valence-electron chi connectivity index (χ3n) is 5.85. The number of carbonyl (C=O) groups excluding carboxylic acids is 1. The highest BCUT2D eigenvalue weighted by Gasteiger charge is 2.26. The van der Waals surface area contributed by atoms with Crippen LogP contribution in [-0.4, -0.2) is 58.4 Å². The minimum absolute atomic E-state index is 0.107. The lowest BCUT2D eigenvalue weighted by atomic mass is 10.0. The number of piperidine rings is 1.